The molecule has 0 saturated heterocycles. The molecule has 0 aliphatic rings. The third kappa shape index (κ3) is 3.04. The number of imidazole rings is 1. The number of nitrogens with two attached hydrogens (primary N) is 1. The maximum absolute atomic E-state index is 6.49. The average Bonchev–Trinajstić information content (AvgIpc) is 2.76. The number of hydrogen-bond acceptors (Lipinski definition) is 2. The largest absolute Gasteiger partial charge is 0.338 e. The van der Waals surface area contributed by atoms with Crippen LogP contribution in [0.15, 0.2) is 30.6 Å². The summed E-state index contributed by atoms with van der Waals surface area (Å²) >= 11 is 0. The van der Waals surface area contributed by atoms with Crippen LogP contribution in [0.3, 0.4) is 0 Å². The summed E-state index contributed by atoms with van der Waals surface area (Å²) < 4.78 is 2.05. The lowest BCUT2D eigenvalue weighted by Crippen LogP contribution is -2.34. The second-order valence-corrected chi connectivity index (χ2v) is 5.67. The van der Waals surface area contributed by atoms with E-state index < -0.39 is 0 Å². The molecule has 1 heterocycles. The number of benzene rings is 1. The molecule has 1 aromatic carbocycles. The summed E-state index contributed by atoms with van der Waals surface area (Å²) in [5.41, 5.74) is 9.98. The number of hydrogen-bond donors (Lipinski definition) is 1. The summed E-state index contributed by atoms with van der Waals surface area (Å²) in [6, 6.07) is 6.49. The van der Waals surface area contributed by atoms with Gasteiger partial charge in [0, 0.05) is 31.4 Å². The Morgan fingerprint density at radius 3 is 2.58 bits per heavy atom. The Balaban J connectivity index is 2.13. The van der Waals surface area contributed by atoms with E-state index in [-0.39, 0.29) is 5.54 Å². The Morgan fingerprint density at radius 2 is 2.00 bits per heavy atom. The summed E-state index contributed by atoms with van der Waals surface area (Å²) in [5.74, 6) is 1.08. The van der Waals surface area contributed by atoms with Crippen LogP contribution in [0.1, 0.15) is 35.9 Å². The third-order valence-corrected chi connectivity index (χ3v) is 3.96. The van der Waals surface area contributed by atoms with E-state index in [9.17, 15) is 0 Å². The van der Waals surface area contributed by atoms with Gasteiger partial charge in [0.2, 0.25) is 0 Å². The van der Waals surface area contributed by atoms with Gasteiger partial charge in [-0.3, -0.25) is 0 Å². The van der Waals surface area contributed by atoms with Gasteiger partial charge < -0.3 is 10.3 Å². The van der Waals surface area contributed by atoms with E-state index in [1.165, 1.54) is 16.7 Å². The molecule has 0 amide bonds. The molecule has 0 saturated carbocycles. The minimum Gasteiger partial charge on any atom is -0.338 e. The minimum atomic E-state index is -0.315. The van der Waals surface area contributed by atoms with Crippen LogP contribution in [0.25, 0.3) is 0 Å². The first-order valence-electron chi connectivity index (χ1n) is 6.73. The van der Waals surface area contributed by atoms with Crippen molar-refractivity contribution >= 4 is 0 Å². The van der Waals surface area contributed by atoms with Crippen LogP contribution in [0.4, 0.5) is 0 Å². The molecule has 102 valence electrons. The Labute approximate surface area is 115 Å². The summed E-state index contributed by atoms with van der Waals surface area (Å²) in [6.45, 7) is 6.36. The monoisotopic (exact) mass is 257 g/mol. The highest BCUT2D eigenvalue weighted by Crippen LogP contribution is 2.25. The molecule has 1 aromatic heterocycles. The highest BCUT2D eigenvalue weighted by molar-refractivity contribution is 5.33. The van der Waals surface area contributed by atoms with Gasteiger partial charge in [-0.15, -0.1) is 0 Å². The molecule has 0 fully saturated rings. The standard InChI is InChI=1S/C16H23N3/c1-12-5-6-14(11-13(12)2)16(3,17)8-7-15-18-9-10-19(15)4/h5-6,9-11H,7-8,17H2,1-4H3. The van der Waals surface area contributed by atoms with Gasteiger partial charge in [-0.1, -0.05) is 18.2 Å². The summed E-state index contributed by atoms with van der Waals surface area (Å²) in [7, 11) is 2.02. The highest BCUT2D eigenvalue weighted by Gasteiger charge is 2.22. The number of aryl methyl sites for hydroxylation is 4. The molecule has 2 aromatic rings. The quantitative estimate of drug-likeness (QED) is 0.915. The molecular weight excluding hydrogens is 234 g/mol. The molecule has 3 heteroatoms. The average molecular weight is 257 g/mol. The molecule has 0 spiro atoms. The molecule has 0 aliphatic carbocycles. The summed E-state index contributed by atoms with van der Waals surface area (Å²) in [4.78, 5) is 4.35. The lowest BCUT2D eigenvalue weighted by atomic mass is 9.86. The SMILES string of the molecule is Cc1ccc(C(C)(N)CCc2nccn2C)cc1C. The van der Waals surface area contributed by atoms with Gasteiger partial charge in [0.1, 0.15) is 5.82 Å². The van der Waals surface area contributed by atoms with Crippen molar-refractivity contribution in [2.24, 2.45) is 12.8 Å². The second-order valence-electron chi connectivity index (χ2n) is 5.67. The van der Waals surface area contributed by atoms with Gasteiger partial charge in [0.25, 0.3) is 0 Å². The molecule has 1 atom stereocenters. The molecular formula is C16H23N3. The van der Waals surface area contributed by atoms with Crippen molar-refractivity contribution < 1.29 is 0 Å². The van der Waals surface area contributed by atoms with Crippen LogP contribution in [0, 0.1) is 13.8 Å². The van der Waals surface area contributed by atoms with Gasteiger partial charge in [-0.05, 0) is 43.9 Å². The fourth-order valence-electron chi connectivity index (χ4n) is 2.25. The van der Waals surface area contributed by atoms with E-state index in [1.807, 2.05) is 19.4 Å². The van der Waals surface area contributed by atoms with Crippen LogP contribution in [0.5, 0.6) is 0 Å². The molecule has 0 bridgehead atoms. The molecule has 2 N–H and O–H groups in total. The molecule has 0 radical (unpaired) electrons. The van der Waals surface area contributed by atoms with Gasteiger partial charge in [0.15, 0.2) is 0 Å². The van der Waals surface area contributed by atoms with E-state index in [1.54, 1.807) is 0 Å². The number of nitrogens with zero attached hydrogens (tertiary/aromatic N) is 2. The smallest absolute Gasteiger partial charge is 0.108 e. The Bertz CT molecular complexity index is 567. The predicted molar refractivity (Wildman–Crippen MR) is 79.0 cm³/mol. The van der Waals surface area contributed by atoms with Crippen molar-refractivity contribution in [3.63, 3.8) is 0 Å². The predicted octanol–water partition coefficient (Wildman–Crippen LogP) is 2.84. The van der Waals surface area contributed by atoms with Gasteiger partial charge in [-0.25, -0.2) is 4.98 Å². The van der Waals surface area contributed by atoms with Crippen LogP contribution < -0.4 is 5.73 Å². The second kappa shape index (κ2) is 5.17. The molecule has 3 nitrogen and oxygen atoms in total. The van der Waals surface area contributed by atoms with Crippen LogP contribution >= 0.6 is 0 Å². The van der Waals surface area contributed by atoms with Crippen molar-refractivity contribution in [3.05, 3.63) is 53.1 Å². The number of aromatic nitrogens is 2. The zero-order chi connectivity index (χ0) is 14.0. The van der Waals surface area contributed by atoms with Gasteiger partial charge in [0.05, 0.1) is 0 Å². The maximum atomic E-state index is 6.49. The van der Waals surface area contributed by atoms with Crippen LogP contribution in [-0.2, 0) is 19.0 Å². The Kier molecular flexibility index (Phi) is 3.76. The maximum Gasteiger partial charge on any atom is 0.108 e. The Morgan fingerprint density at radius 1 is 1.26 bits per heavy atom. The zero-order valence-corrected chi connectivity index (χ0v) is 12.3. The first-order chi connectivity index (χ1) is 8.90. The van der Waals surface area contributed by atoms with E-state index in [2.05, 4.69) is 48.5 Å². The van der Waals surface area contributed by atoms with Gasteiger partial charge >= 0.3 is 0 Å². The fraction of sp³-hybridized carbons (Fsp3) is 0.438. The van der Waals surface area contributed by atoms with Crippen molar-refractivity contribution in [2.45, 2.75) is 39.2 Å². The third-order valence-electron chi connectivity index (χ3n) is 3.96. The molecule has 19 heavy (non-hydrogen) atoms. The molecule has 2 rings (SSSR count). The lowest BCUT2D eigenvalue weighted by Gasteiger charge is -2.26. The highest BCUT2D eigenvalue weighted by atomic mass is 15.0. The van der Waals surface area contributed by atoms with Crippen molar-refractivity contribution in [1.29, 1.82) is 0 Å². The number of rotatable bonds is 4. The summed E-state index contributed by atoms with van der Waals surface area (Å²) in [5, 5.41) is 0. The Hall–Kier alpha value is -1.61. The first kappa shape index (κ1) is 13.8. The molecule has 0 aliphatic heterocycles. The minimum absolute atomic E-state index is 0.315. The first-order valence-corrected chi connectivity index (χ1v) is 6.73. The van der Waals surface area contributed by atoms with Crippen molar-refractivity contribution in [2.75, 3.05) is 0 Å². The van der Waals surface area contributed by atoms with Crippen molar-refractivity contribution in [3.8, 4) is 0 Å². The van der Waals surface area contributed by atoms with Crippen LogP contribution in [0.2, 0.25) is 0 Å². The fourth-order valence-corrected chi connectivity index (χ4v) is 2.25. The zero-order valence-electron chi connectivity index (χ0n) is 12.3. The van der Waals surface area contributed by atoms with E-state index in [4.69, 9.17) is 5.73 Å². The molecule has 1 unspecified atom stereocenters. The van der Waals surface area contributed by atoms with E-state index >= 15 is 0 Å². The lowest BCUT2D eigenvalue weighted by molar-refractivity contribution is 0.444. The topological polar surface area (TPSA) is 43.8 Å². The van der Waals surface area contributed by atoms with Crippen LogP contribution in [-0.4, -0.2) is 9.55 Å². The van der Waals surface area contributed by atoms with E-state index in [0.717, 1.165) is 18.7 Å². The van der Waals surface area contributed by atoms with Crippen molar-refractivity contribution in [1.82, 2.24) is 9.55 Å². The van der Waals surface area contributed by atoms with Gasteiger partial charge in [-0.2, -0.15) is 0 Å². The summed E-state index contributed by atoms with van der Waals surface area (Å²) in [6.07, 6.45) is 5.59. The van der Waals surface area contributed by atoms with E-state index in [0.29, 0.717) is 0 Å². The normalized spacial score (nSPS) is 14.4.